The second-order valence-corrected chi connectivity index (χ2v) is 6.16. The molecule has 110 valence electrons. The van der Waals surface area contributed by atoms with E-state index in [0.29, 0.717) is 0 Å². The van der Waals surface area contributed by atoms with Crippen molar-refractivity contribution < 1.29 is 0 Å². The maximum atomic E-state index is 4.42. The van der Waals surface area contributed by atoms with Gasteiger partial charge in [-0.1, -0.05) is 24.8 Å². The molecule has 20 heavy (non-hydrogen) atoms. The third kappa shape index (κ3) is 3.10. The van der Waals surface area contributed by atoms with E-state index in [1.165, 1.54) is 16.4 Å². The quantitative estimate of drug-likeness (QED) is 0.826. The van der Waals surface area contributed by atoms with Crippen LogP contribution in [0.3, 0.4) is 0 Å². The molecule has 0 saturated carbocycles. The van der Waals surface area contributed by atoms with Crippen molar-refractivity contribution in [2.45, 2.75) is 46.2 Å². The monoisotopic (exact) mass is 357 g/mol. The normalized spacial score (nSPS) is 12.8. The second-order valence-electron chi connectivity index (χ2n) is 4.52. The van der Waals surface area contributed by atoms with Gasteiger partial charge in [0.2, 0.25) is 0 Å². The summed E-state index contributed by atoms with van der Waals surface area (Å²) in [6, 6.07) is 0.0957. The Kier molecular flexibility index (Phi) is 5.68. The summed E-state index contributed by atoms with van der Waals surface area (Å²) in [5.74, 6) is 0. The number of rotatable bonds is 7. The molecule has 0 fully saturated rings. The third-order valence-electron chi connectivity index (χ3n) is 3.15. The Hall–Kier alpha value is -0.790. The van der Waals surface area contributed by atoms with Gasteiger partial charge in [-0.2, -0.15) is 5.10 Å². The molecule has 2 rings (SSSR count). The lowest BCUT2D eigenvalue weighted by atomic mass is 10.1. The number of halogens is 1. The molecule has 2 aromatic heterocycles. The van der Waals surface area contributed by atoms with Gasteiger partial charge in [0.1, 0.15) is 0 Å². The van der Waals surface area contributed by atoms with Crippen LogP contribution in [0.15, 0.2) is 10.7 Å². The van der Waals surface area contributed by atoms with Crippen LogP contribution in [0.5, 0.6) is 0 Å². The van der Waals surface area contributed by atoms with E-state index in [9.17, 15) is 0 Å². The minimum atomic E-state index is 0.0957. The zero-order valence-corrected chi connectivity index (χ0v) is 14.5. The lowest BCUT2D eigenvalue weighted by molar-refractivity contribution is 0.542. The summed E-state index contributed by atoms with van der Waals surface area (Å²) >= 11 is 5.10. The predicted molar refractivity (Wildman–Crippen MR) is 85.0 cm³/mol. The van der Waals surface area contributed by atoms with Gasteiger partial charge in [-0.05, 0) is 47.4 Å². The zero-order valence-electron chi connectivity index (χ0n) is 12.1. The Morgan fingerprint density at radius 3 is 2.85 bits per heavy atom. The molecule has 2 heterocycles. The molecule has 0 amide bonds. The summed E-state index contributed by atoms with van der Waals surface area (Å²) in [4.78, 5) is 1.20. The van der Waals surface area contributed by atoms with Crippen LogP contribution < -0.4 is 5.32 Å². The Morgan fingerprint density at radius 1 is 1.40 bits per heavy atom. The highest BCUT2D eigenvalue weighted by Gasteiger charge is 2.25. The molecule has 0 aliphatic rings. The molecule has 0 aliphatic heterocycles. The zero-order chi connectivity index (χ0) is 14.5. The summed E-state index contributed by atoms with van der Waals surface area (Å²) in [6.45, 7) is 8.11. The van der Waals surface area contributed by atoms with Crippen molar-refractivity contribution in [3.05, 3.63) is 26.9 Å². The van der Waals surface area contributed by atoms with E-state index in [-0.39, 0.29) is 6.04 Å². The standard InChI is InChI=1S/C13H20BrN5S/c1-4-7-10-13(20-18-17-10)11(15-5-2)12-9(14)8-16-19(12)6-3/h8,11,15H,4-7H2,1-3H3. The van der Waals surface area contributed by atoms with Crippen LogP contribution in [-0.2, 0) is 13.0 Å². The number of nitrogens with zero attached hydrogens (tertiary/aromatic N) is 4. The molecule has 0 aliphatic carbocycles. The molecule has 0 radical (unpaired) electrons. The molecule has 0 saturated heterocycles. The van der Waals surface area contributed by atoms with Crippen molar-refractivity contribution in [3.63, 3.8) is 0 Å². The highest BCUT2D eigenvalue weighted by Crippen LogP contribution is 2.32. The van der Waals surface area contributed by atoms with E-state index in [4.69, 9.17) is 0 Å². The fourth-order valence-corrected chi connectivity index (χ4v) is 3.57. The van der Waals surface area contributed by atoms with Gasteiger partial charge < -0.3 is 5.32 Å². The fraction of sp³-hybridized carbons (Fsp3) is 0.615. The van der Waals surface area contributed by atoms with Crippen LogP contribution in [0.1, 0.15) is 49.5 Å². The van der Waals surface area contributed by atoms with Crippen LogP contribution in [-0.4, -0.2) is 25.9 Å². The van der Waals surface area contributed by atoms with Crippen LogP contribution in [0, 0.1) is 0 Å². The van der Waals surface area contributed by atoms with Gasteiger partial charge in [0.15, 0.2) is 0 Å². The SMILES string of the molecule is CCCc1nnsc1C(NCC)c1c(Br)cnn1CC. The maximum Gasteiger partial charge on any atom is 0.0888 e. The van der Waals surface area contributed by atoms with Gasteiger partial charge in [-0.15, -0.1) is 5.10 Å². The van der Waals surface area contributed by atoms with E-state index in [1.807, 2.05) is 10.9 Å². The number of nitrogens with one attached hydrogen (secondary N) is 1. The van der Waals surface area contributed by atoms with Crippen molar-refractivity contribution in [2.24, 2.45) is 0 Å². The second kappa shape index (κ2) is 7.28. The lowest BCUT2D eigenvalue weighted by Gasteiger charge is -2.19. The molecule has 2 aromatic rings. The summed E-state index contributed by atoms with van der Waals surface area (Å²) in [7, 11) is 0. The summed E-state index contributed by atoms with van der Waals surface area (Å²) in [5.41, 5.74) is 2.25. The first-order valence-electron chi connectivity index (χ1n) is 6.98. The Balaban J connectivity index is 2.45. The molecule has 0 spiro atoms. The predicted octanol–water partition coefficient (Wildman–Crippen LogP) is 3.17. The smallest absolute Gasteiger partial charge is 0.0888 e. The number of aromatic nitrogens is 4. The number of hydrogen-bond acceptors (Lipinski definition) is 5. The third-order valence-corrected chi connectivity index (χ3v) is 4.59. The molecule has 1 unspecified atom stereocenters. The fourth-order valence-electron chi connectivity index (χ4n) is 2.27. The number of aryl methyl sites for hydroxylation is 2. The van der Waals surface area contributed by atoms with E-state index < -0.39 is 0 Å². The largest absolute Gasteiger partial charge is 0.304 e. The van der Waals surface area contributed by atoms with E-state index in [0.717, 1.165) is 41.8 Å². The molecule has 7 heteroatoms. The minimum absolute atomic E-state index is 0.0957. The van der Waals surface area contributed by atoms with Gasteiger partial charge >= 0.3 is 0 Å². The highest BCUT2D eigenvalue weighted by atomic mass is 79.9. The first-order chi connectivity index (χ1) is 9.72. The lowest BCUT2D eigenvalue weighted by Crippen LogP contribution is -2.25. The van der Waals surface area contributed by atoms with E-state index in [1.54, 1.807) is 0 Å². The van der Waals surface area contributed by atoms with Crippen LogP contribution in [0.4, 0.5) is 0 Å². The Morgan fingerprint density at radius 2 is 2.20 bits per heavy atom. The average Bonchev–Trinajstić information content (AvgIpc) is 3.04. The summed E-state index contributed by atoms with van der Waals surface area (Å²) in [5, 5.41) is 12.2. The van der Waals surface area contributed by atoms with Crippen molar-refractivity contribution in [2.75, 3.05) is 6.54 Å². The topological polar surface area (TPSA) is 55.6 Å². The molecule has 0 aromatic carbocycles. The van der Waals surface area contributed by atoms with Crippen LogP contribution >= 0.6 is 27.5 Å². The molecule has 1 N–H and O–H groups in total. The first-order valence-corrected chi connectivity index (χ1v) is 8.55. The molecular weight excluding hydrogens is 338 g/mol. The van der Waals surface area contributed by atoms with Gasteiger partial charge in [0, 0.05) is 6.54 Å². The van der Waals surface area contributed by atoms with E-state index in [2.05, 4.69) is 56.7 Å². The van der Waals surface area contributed by atoms with Crippen molar-refractivity contribution in [1.82, 2.24) is 24.7 Å². The van der Waals surface area contributed by atoms with Crippen molar-refractivity contribution >= 4 is 27.5 Å². The Bertz CT molecular complexity index is 551. The molecule has 1 atom stereocenters. The summed E-state index contributed by atoms with van der Waals surface area (Å²) in [6.07, 6.45) is 3.90. The minimum Gasteiger partial charge on any atom is -0.304 e. The first kappa shape index (κ1) is 15.6. The Labute approximate surface area is 132 Å². The van der Waals surface area contributed by atoms with Crippen LogP contribution in [0.25, 0.3) is 0 Å². The van der Waals surface area contributed by atoms with Gasteiger partial charge in [0.25, 0.3) is 0 Å². The van der Waals surface area contributed by atoms with Gasteiger partial charge in [-0.25, -0.2) is 0 Å². The van der Waals surface area contributed by atoms with E-state index >= 15 is 0 Å². The van der Waals surface area contributed by atoms with Gasteiger partial charge in [-0.3, -0.25) is 4.68 Å². The van der Waals surface area contributed by atoms with Gasteiger partial charge in [0.05, 0.1) is 33.0 Å². The molecule has 0 bridgehead atoms. The molecular formula is C13H20BrN5S. The number of hydrogen-bond donors (Lipinski definition) is 1. The van der Waals surface area contributed by atoms with Crippen LogP contribution in [0.2, 0.25) is 0 Å². The van der Waals surface area contributed by atoms with Crippen molar-refractivity contribution in [1.29, 1.82) is 0 Å². The summed E-state index contributed by atoms with van der Waals surface area (Å²) < 4.78 is 7.20. The average molecular weight is 358 g/mol. The van der Waals surface area contributed by atoms with Crippen molar-refractivity contribution in [3.8, 4) is 0 Å². The maximum absolute atomic E-state index is 4.42. The highest BCUT2D eigenvalue weighted by molar-refractivity contribution is 9.10. The molecule has 5 nitrogen and oxygen atoms in total.